The van der Waals surface area contributed by atoms with Gasteiger partial charge in [-0.1, -0.05) is 24.3 Å². The second kappa shape index (κ2) is 6.75. The second-order valence-electron chi connectivity index (χ2n) is 4.59. The summed E-state index contributed by atoms with van der Waals surface area (Å²) in [7, 11) is 0. The maximum absolute atomic E-state index is 10.7. The van der Waals surface area contributed by atoms with E-state index in [2.05, 4.69) is 13.0 Å². The molecular formula is C17H18O3. The Labute approximate surface area is 119 Å². The number of hydrogen-bond donors (Lipinski definition) is 0. The predicted molar refractivity (Wildman–Crippen MR) is 78.7 cm³/mol. The lowest BCUT2D eigenvalue weighted by Crippen LogP contribution is -2.09. The summed E-state index contributed by atoms with van der Waals surface area (Å²) in [6.45, 7) is 5.01. The topological polar surface area (TPSA) is 35.5 Å². The lowest BCUT2D eigenvalue weighted by Gasteiger charge is -2.11. The molecule has 0 amide bonds. The summed E-state index contributed by atoms with van der Waals surface area (Å²) in [5.41, 5.74) is 2.97. The molecule has 2 aromatic rings. The van der Waals surface area contributed by atoms with E-state index < -0.39 is 0 Å². The van der Waals surface area contributed by atoms with Crippen molar-refractivity contribution in [2.45, 2.75) is 13.8 Å². The van der Waals surface area contributed by atoms with E-state index in [1.165, 1.54) is 5.56 Å². The zero-order chi connectivity index (χ0) is 14.4. The van der Waals surface area contributed by atoms with Gasteiger partial charge in [-0.05, 0) is 43.2 Å². The first kappa shape index (κ1) is 14.1. The molecule has 0 N–H and O–H groups in total. The Hall–Kier alpha value is -2.29. The lowest BCUT2D eigenvalue weighted by molar-refractivity contribution is 0.112. The second-order valence-corrected chi connectivity index (χ2v) is 4.59. The third-order valence-corrected chi connectivity index (χ3v) is 3.16. The highest BCUT2D eigenvalue weighted by Crippen LogP contribution is 2.20. The number of carbonyl (C=O) groups is 1. The van der Waals surface area contributed by atoms with Crippen molar-refractivity contribution in [2.75, 3.05) is 13.2 Å². The average Bonchev–Trinajstić information content (AvgIpc) is 2.48. The van der Waals surface area contributed by atoms with E-state index in [0.717, 1.165) is 17.6 Å². The summed E-state index contributed by atoms with van der Waals surface area (Å²) in [6, 6.07) is 13.1. The molecule has 0 bridgehead atoms. The molecule has 0 spiro atoms. The van der Waals surface area contributed by atoms with Crippen molar-refractivity contribution in [3.63, 3.8) is 0 Å². The van der Waals surface area contributed by atoms with Gasteiger partial charge >= 0.3 is 0 Å². The zero-order valence-corrected chi connectivity index (χ0v) is 11.8. The van der Waals surface area contributed by atoms with Crippen LogP contribution < -0.4 is 9.47 Å². The third kappa shape index (κ3) is 3.60. The number of ether oxygens (including phenoxy) is 2. The van der Waals surface area contributed by atoms with Gasteiger partial charge in [0, 0.05) is 5.56 Å². The van der Waals surface area contributed by atoms with Gasteiger partial charge in [-0.2, -0.15) is 0 Å². The van der Waals surface area contributed by atoms with Crippen molar-refractivity contribution in [2.24, 2.45) is 0 Å². The summed E-state index contributed by atoms with van der Waals surface area (Å²) in [6.07, 6.45) is 0.805. The molecule has 0 aliphatic carbocycles. The van der Waals surface area contributed by atoms with Crippen molar-refractivity contribution in [1.82, 2.24) is 0 Å². The van der Waals surface area contributed by atoms with Gasteiger partial charge < -0.3 is 9.47 Å². The molecule has 2 rings (SSSR count). The highest BCUT2D eigenvalue weighted by atomic mass is 16.5. The Bertz CT molecular complexity index is 591. The molecule has 20 heavy (non-hydrogen) atoms. The van der Waals surface area contributed by atoms with E-state index in [4.69, 9.17) is 9.47 Å². The summed E-state index contributed by atoms with van der Waals surface area (Å²) >= 11 is 0. The first-order valence-electron chi connectivity index (χ1n) is 6.58. The van der Waals surface area contributed by atoms with Crippen molar-refractivity contribution >= 4 is 6.29 Å². The van der Waals surface area contributed by atoms with Gasteiger partial charge in [0.1, 0.15) is 31.0 Å². The van der Waals surface area contributed by atoms with Crippen LogP contribution >= 0.6 is 0 Å². The molecule has 0 aromatic heterocycles. The van der Waals surface area contributed by atoms with Gasteiger partial charge in [-0.25, -0.2) is 0 Å². The van der Waals surface area contributed by atoms with Crippen LogP contribution in [0, 0.1) is 13.8 Å². The molecule has 0 saturated carbocycles. The van der Waals surface area contributed by atoms with E-state index in [9.17, 15) is 4.79 Å². The maximum atomic E-state index is 10.7. The molecule has 104 valence electrons. The van der Waals surface area contributed by atoms with E-state index in [-0.39, 0.29) is 0 Å². The monoisotopic (exact) mass is 270 g/mol. The molecule has 0 radical (unpaired) electrons. The molecule has 3 nitrogen and oxygen atoms in total. The highest BCUT2D eigenvalue weighted by molar-refractivity contribution is 5.75. The fourth-order valence-electron chi connectivity index (χ4n) is 1.87. The minimum atomic E-state index is 0.440. The lowest BCUT2D eigenvalue weighted by atomic mass is 10.1. The molecule has 0 saturated heterocycles. The largest absolute Gasteiger partial charge is 0.490 e. The number of carbonyl (C=O) groups excluding carboxylic acids is 1. The van der Waals surface area contributed by atoms with Crippen LogP contribution in [0.25, 0.3) is 0 Å². The molecule has 0 unspecified atom stereocenters. The van der Waals surface area contributed by atoms with Crippen LogP contribution in [-0.4, -0.2) is 19.5 Å². The molecule has 0 aliphatic rings. The SMILES string of the molecule is Cc1cccc(OCCOc2cccc(C=O)c2)c1C. The quantitative estimate of drug-likeness (QED) is 0.594. The summed E-state index contributed by atoms with van der Waals surface area (Å²) in [4.78, 5) is 10.7. The number of benzene rings is 2. The van der Waals surface area contributed by atoms with Crippen LogP contribution in [0.2, 0.25) is 0 Å². The van der Waals surface area contributed by atoms with Crippen LogP contribution in [-0.2, 0) is 0 Å². The molecule has 0 heterocycles. The van der Waals surface area contributed by atoms with Crippen molar-refractivity contribution in [3.05, 3.63) is 59.2 Å². The maximum Gasteiger partial charge on any atom is 0.150 e. The van der Waals surface area contributed by atoms with Crippen molar-refractivity contribution in [3.8, 4) is 11.5 Å². The Morgan fingerprint density at radius 2 is 1.75 bits per heavy atom. The van der Waals surface area contributed by atoms with Crippen LogP contribution in [0.1, 0.15) is 21.5 Å². The molecule has 3 heteroatoms. The van der Waals surface area contributed by atoms with Gasteiger partial charge in [0.05, 0.1) is 0 Å². The van der Waals surface area contributed by atoms with Gasteiger partial charge in [0.25, 0.3) is 0 Å². The summed E-state index contributed by atoms with van der Waals surface area (Å²) < 4.78 is 11.3. The van der Waals surface area contributed by atoms with Crippen LogP contribution in [0.15, 0.2) is 42.5 Å². The molecule has 0 fully saturated rings. The van der Waals surface area contributed by atoms with E-state index in [0.29, 0.717) is 24.5 Å². The molecule has 2 aromatic carbocycles. The standard InChI is InChI=1S/C17H18O3/c1-13-5-3-8-17(14(13)2)20-10-9-19-16-7-4-6-15(11-16)12-18/h3-8,11-12H,9-10H2,1-2H3. The minimum absolute atomic E-state index is 0.440. The van der Waals surface area contributed by atoms with Crippen LogP contribution in [0.4, 0.5) is 0 Å². The zero-order valence-electron chi connectivity index (χ0n) is 11.8. The molecular weight excluding hydrogens is 252 g/mol. The van der Waals surface area contributed by atoms with E-state index >= 15 is 0 Å². The van der Waals surface area contributed by atoms with Gasteiger partial charge in [0.15, 0.2) is 0 Å². The molecule has 0 atom stereocenters. The Kier molecular flexibility index (Phi) is 4.77. The van der Waals surface area contributed by atoms with Crippen molar-refractivity contribution in [1.29, 1.82) is 0 Å². The fraction of sp³-hybridized carbons (Fsp3) is 0.235. The average molecular weight is 270 g/mol. The third-order valence-electron chi connectivity index (χ3n) is 3.16. The normalized spacial score (nSPS) is 10.1. The Balaban J connectivity index is 1.84. The van der Waals surface area contributed by atoms with Crippen LogP contribution in [0.5, 0.6) is 11.5 Å². The summed E-state index contributed by atoms with van der Waals surface area (Å²) in [5, 5.41) is 0. The predicted octanol–water partition coefficient (Wildman–Crippen LogP) is 3.57. The first-order valence-corrected chi connectivity index (χ1v) is 6.58. The molecule has 0 aliphatic heterocycles. The van der Waals surface area contributed by atoms with Crippen molar-refractivity contribution < 1.29 is 14.3 Å². The fourth-order valence-corrected chi connectivity index (χ4v) is 1.87. The smallest absolute Gasteiger partial charge is 0.150 e. The first-order chi connectivity index (χ1) is 9.70. The van der Waals surface area contributed by atoms with Gasteiger partial charge in [0.2, 0.25) is 0 Å². The Morgan fingerprint density at radius 3 is 2.55 bits per heavy atom. The number of aldehydes is 1. The summed E-state index contributed by atoms with van der Waals surface area (Å²) in [5.74, 6) is 1.56. The number of aryl methyl sites for hydroxylation is 1. The van der Waals surface area contributed by atoms with E-state index in [1.54, 1.807) is 18.2 Å². The van der Waals surface area contributed by atoms with Crippen LogP contribution in [0.3, 0.4) is 0 Å². The van der Waals surface area contributed by atoms with Gasteiger partial charge in [-0.3, -0.25) is 4.79 Å². The Morgan fingerprint density at radius 1 is 1.00 bits per heavy atom. The van der Waals surface area contributed by atoms with Gasteiger partial charge in [-0.15, -0.1) is 0 Å². The van der Waals surface area contributed by atoms with E-state index in [1.807, 2.05) is 25.1 Å². The number of hydrogen-bond acceptors (Lipinski definition) is 3. The minimum Gasteiger partial charge on any atom is -0.490 e. The number of rotatable bonds is 6. The highest BCUT2D eigenvalue weighted by Gasteiger charge is 2.02.